The highest BCUT2D eigenvalue weighted by Crippen LogP contribution is 2.81. The molecule has 7 bridgehead atoms. The average Bonchev–Trinajstić information content (AvgIpc) is 3.39. The molecule has 0 radical (unpaired) electrons. The van der Waals surface area contributed by atoms with Crippen molar-refractivity contribution < 1.29 is 58.4 Å². The van der Waals surface area contributed by atoms with Crippen LogP contribution in [0.25, 0.3) is 0 Å². The van der Waals surface area contributed by atoms with Crippen molar-refractivity contribution in [2.45, 2.75) is 86.2 Å². The van der Waals surface area contributed by atoms with E-state index in [0.717, 1.165) is 0 Å². The summed E-state index contributed by atoms with van der Waals surface area (Å²) in [6, 6.07) is 7.64. The molecule has 5 saturated carbocycles. The van der Waals surface area contributed by atoms with Crippen LogP contribution in [0.15, 0.2) is 30.3 Å². The van der Waals surface area contributed by atoms with Crippen molar-refractivity contribution in [3.63, 3.8) is 0 Å². The van der Waals surface area contributed by atoms with Crippen molar-refractivity contribution in [3.8, 4) is 0 Å². The number of likely N-dealkylation sites (tertiary alicyclic amines) is 1. The van der Waals surface area contributed by atoms with Crippen molar-refractivity contribution in [3.05, 3.63) is 35.9 Å². The summed E-state index contributed by atoms with van der Waals surface area (Å²) < 4.78 is 36.9. The molecule has 1 aromatic rings. The van der Waals surface area contributed by atoms with E-state index in [1.807, 2.05) is 6.92 Å². The molecule has 260 valence electrons. The fourth-order valence-corrected chi connectivity index (χ4v) is 12.3. The Balaban J connectivity index is 1.57. The summed E-state index contributed by atoms with van der Waals surface area (Å²) in [6.07, 6.45) is -7.38. The summed E-state index contributed by atoms with van der Waals surface area (Å²) in [5.74, 6) is -4.34. The molecular weight excluding hydrogens is 614 g/mol. The lowest BCUT2D eigenvalue weighted by Crippen LogP contribution is -2.85. The Labute approximate surface area is 274 Å². The van der Waals surface area contributed by atoms with Crippen LogP contribution in [0.2, 0.25) is 0 Å². The fourth-order valence-electron chi connectivity index (χ4n) is 12.3. The van der Waals surface area contributed by atoms with Crippen LogP contribution in [-0.2, 0) is 33.2 Å². The molecule has 4 N–H and O–H groups in total. The third-order valence-electron chi connectivity index (χ3n) is 13.2. The standard InChI is InChI=1S/C34H47NO12/c1-7-35-15-30(16-42-3)19(37)13-20(43-4)33-23(30)22(44-5)21(25(33)35)34(47-17(2)36)24-27(46-29(39)18-11-9-8-10-12-18)31(40,14-32(24,33)41)28(45-6)26(34)38/h8-12,19-28,37-38,40-41H,7,13-16H2,1-6H3/t19-,20+,21+,22+,23?,24?,25?,26+,27?,28+,30+,31?,32?,33-,34+/m1/s1. The van der Waals surface area contributed by atoms with Crippen LogP contribution in [0.3, 0.4) is 0 Å². The number of esters is 2. The van der Waals surface area contributed by atoms with Crippen molar-refractivity contribution >= 4 is 11.9 Å². The van der Waals surface area contributed by atoms with Crippen LogP contribution in [0, 0.1) is 28.6 Å². The molecule has 6 aliphatic rings. The molecule has 7 rings (SSSR count). The molecule has 0 amide bonds. The summed E-state index contributed by atoms with van der Waals surface area (Å²) >= 11 is 0. The van der Waals surface area contributed by atoms with E-state index in [4.69, 9.17) is 28.4 Å². The number of carbonyl (C=O) groups excluding carboxylic acids is 2. The van der Waals surface area contributed by atoms with E-state index >= 15 is 0 Å². The Bertz CT molecular complexity index is 1410. The van der Waals surface area contributed by atoms with Gasteiger partial charge in [-0.2, -0.15) is 0 Å². The van der Waals surface area contributed by atoms with Gasteiger partial charge in [-0.05, 0) is 18.7 Å². The lowest BCUT2D eigenvalue weighted by atomic mass is 9.40. The number of benzene rings is 1. The van der Waals surface area contributed by atoms with Gasteiger partial charge in [-0.3, -0.25) is 9.69 Å². The van der Waals surface area contributed by atoms with E-state index in [0.29, 0.717) is 13.1 Å². The van der Waals surface area contributed by atoms with Crippen molar-refractivity contribution in [2.24, 2.45) is 28.6 Å². The molecule has 6 fully saturated rings. The number of hydrogen-bond donors (Lipinski definition) is 4. The quantitative estimate of drug-likeness (QED) is 0.256. The van der Waals surface area contributed by atoms with E-state index < -0.39 is 106 Å². The molecule has 1 aromatic carbocycles. The van der Waals surface area contributed by atoms with Crippen LogP contribution in [-0.4, -0.2) is 145 Å². The largest absolute Gasteiger partial charge is 0.455 e. The Morgan fingerprint density at radius 1 is 0.979 bits per heavy atom. The number of methoxy groups -OCH3 is 4. The highest BCUT2D eigenvalue weighted by molar-refractivity contribution is 5.89. The second-order valence-corrected chi connectivity index (χ2v) is 14.6. The van der Waals surface area contributed by atoms with Gasteiger partial charge in [0.1, 0.15) is 23.9 Å². The number of aliphatic hydroxyl groups excluding tert-OH is 2. The van der Waals surface area contributed by atoms with Crippen molar-refractivity contribution in [1.29, 1.82) is 0 Å². The maximum absolute atomic E-state index is 13.8. The minimum Gasteiger partial charge on any atom is -0.455 e. The highest BCUT2D eigenvalue weighted by atomic mass is 16.6. The number of carbonyl (C=O) groups is 2. The van der Waals surface area contributed by atoms with Gasteiger partial charge in [0.25, 0.3) is 0 Å². The van der Waals surface area contributed by atoms with Gasteiger partial charge in [-0.1, -0.05) is 25.1 Å². The SMILES string of the molecule is CCN1C[C@@]2(COC)C3[C@@H](OC)[C@H]4C1[C@]3([C@@H](OC)C[C@H]2O)C1(O)CC2(O)C(OC(=O)c3ccccc3)C1[C@]4(OC(C)=O)[C@@H](O)[C@@H]2OC. The maximum Gasteiger partial charge on any atom is 0.338 e. The molecule has 1 aliphatic heterocycles. The van der Waals surface area contributed by atoms with Gasteiger partial charge in [0, 0.05) is 83.5 Å². The lowest BCUT2D eigenvalue weighted by Gasteiger charge is -2.72. The summed E-state index contributed by atoms with van der Waals surface area (Å²) in [6.45, 7) is 4.15. The van der Waals surface area contributed by atoms with Gasteiger partial charge in [-0.15, -0.1) is 0 Å². The first-order valence-electron chi connectivity index (χ1n) is 16.4. The maximum atomic E-state index is 13.8. The van der Waals surface area contributed by atoms with Gasteiger partial charge in [0.05, 0.1) is 42.0 Å². The molecule has 47 heavy (non-hydrogen) atoms. The van der Waals surface area contributed by atoms with Gasteiger partial charge < -0.3 is 48.8 Å². The normalized spacial score (nSPS) is 50.7. The first-order valence-corrected chi connectivity index (χ1v) is 16.4. The molecule has 0 aromatic heterocycles. The van der Waals surface area contributed by atoms with E-state index in [-0.39, 0.29) is 18.6 Å². The number of piperidine rings is 1. The first-order chi connectivity index (χ1) is 22.3. The zero-order valence-corrected chi connectivity index (χ0v) is 27.7. The minimum absolute atomic E-state index is 0.119. The number of hydrogen-bond acceptors (Lipinski definition) is 13. The Morgan fingerprint density at radius 2 is 1.68 bits per heavy atom. The molecule has 1 spiro atoms. The Kier molecular flexibility index (Phi) is 7.72. The predicted octanol–water partition coefficient (Wildman–Crippen LogP) is -0.237. The second kappa shape index (κ2) is 10.9. The second-order valence-electron chi connectivity index (χ2n) is 14.6. The summed E-state index contributed by atoms with van der Waals surface area (Å²) in [5, 5.41) is 51.1. The third kappa shape index (κ3) is 3.65. The lowest BCUT2D eigenvalue weighted by molar-refractivity contribution is -0.355. The number of rotatable bonds is 9. The van der Waals surface area contributed by atoms with Crippen molar-refractivity contribution in [1.82, 2.24) is 4.90 Å². The molecule has 6 unspecified atom stereocenters. The summed E-state index contributed by atoms with van der Waals surface area (Å²) in [5.41, 5.74) is -8.15. The van der Waals surface area contributed by atoms with Gasteiger partial charge >= 0.3 is 11.9 Å². The van der Waals surface area contributed by atoms with Crippen LogP contribution in [0.4, 0.5) is 0 Å². The molecular formula is C34H47NO12. The van der Waals surface area contributed by atoms with E-state index in [1.54, 1.807) is 37.4 Å². The topological polar surface area (TPSA) is 174 Å². The Morgan fingerprint density at radius 3 is 2.26 bits per heavy atom. The van der Waals surface area contributed by atoms with Crippen LogP contribution in [0.5, 0.6) is 0 Å². The average molecular weight is 662 g/mol. The van der Waals surface area contributed by atoms with Crippen LogP contribution in [0.1, 0.15) is 37.0 Å². The van der Waals surface area contributed by atoms with E-state index in [9.17, 15) is 30.0 Å². The summed E-state index contributed by atoms with van der Waals surface area (Å²) in [7, 11) is 5.94. The zero-order valence-electron chi connectivity index (χ0n) is 27.7. The van der Waals surface area contributed by atoms with Crippen LogP contribution < -0.4 is 0 Å². The van der Waals surface area contributed by atoms with Gasteiger partial charge in [0.15, 0.2) is 5.60 Å². The molecule has 5 aliphatic carbocycles. The molecule has 15 atom stereocenters. The zero-order chi connectivity index (χ0) is 33.9. The summed E-state index contributed by atoms with van der Waals surface area (Å²) in [4.78, 5) is 29.2. The smallest absolute Gasteiger partial charge is 0.338 e. The molecule has 13 nitrogen and oxygen atoms in total. The van der Waals surface area contributed by atoms with Gasteiger partial charge in [-0.25, -0.2) is 4.79 Å². The van der Waals surface area contributed by atoms with Gasteiger partial charge in [0.2, 0.25) is 0 Å². The predicted molar refractivity (Wildman–Crippen MR) is 162 cm³/mol. The molecule has 1 heterocycles. The van der Waals surface area contributed by atoms with Crippen LogP contribution >= 0.6 is 0 Å². The van der Waals surface area contributed by atoms with E-state index in [1.165, 1.54) is 28.3 Å². The monoisotopic (exact) mass is 661 g/mol. The minimum atomic E-state index is -2.12. The highest BCUT2D eigenvalue weighted by Gasteiger charge is 2.96. The molecule has 13 heteroatoms. The number of aliphatic hydroxyl groups is 4. The number of nitrogens with zero attached hydrogens (tertiary/aromatic N) is 1. The fraction of sp³-hybridized carbons (Fsp3) is 0.765. The molecule has 1 saturated heterocycles. The van der Waals surface area contributed by atoms with Crippen molar-refractivity contribution in [2.75, 3.05) is 48.1 Å². The Hall–Kier alpha value is -2.20. The third-order valence-corrected chi connectivity index (χ3v) is 13.2. The van der Waals surface area contributed by atoms with E-state index in [2.05, 4.69) is 4.90 Å². The first kappa shape index (κ1) is 33.3. The number of ether oxygens (including phenoxy) is 6. The number of fused-ring (bicyclic) bond motifs is 2.